The van der Waals surface area contributed by atoms with E-state index in [2.05, 4.69) is 23.2 Å². The van der Waals surface area contributed by atoms with E-state index >= 15 is 0 Å². The predicted octanol–water partition coefficient (Wildman–Crippen LogP) is 1.85. The fourth-order valence-electron chi connectivity index (χ4n) is 2.80. The van der Waals surface area contributed by atoms with Crippen molar-refractivity contribution in [3.63, 3.8) is 0 Å². The number of benzene rings is 1. The Morgan fingerprint density at radius 3 is 2.48 bits per heavy atom. The highest BCUT2D eigenvalue weighted by atomic mass is 32.2. The topological polar surface area (TPSA) is 76.4 Å². The van der Waals surface area contributed by atoms with Gasteiger partial charge in [0, 0.05) is 38.0 Å². The summed E-state index contributed by atoms with van der Waals surface area (Å²) in [6.45, 7) is 7.28. The average Bonchev–Trinajstić information content (AvgIpc) is 2.68. The summed E-state index contributed by atoms with van der Waals surface area (Å²) in [7, 11) is 0. The Morgan fingerprint density at radius 1 is 1.22 bits per heavy atom. The normalized spacial score (nSPS) is 15.8. The quantitative estimate of drug-likeness (QED) is 0.735. The van der Waals surface area contributed by atoms with Crippen LogP contribution in [0.4, 0.5) is 0 Å². The summed E-state index contributed by atoms with van der Waals surface area (Å²) in [4.78, 5) is 28.3. The third-order valence-corrected chi connectivity index (χ3v) is 5.68. The summed E-state index contributed by atoms with van der Waals surface area (Å²) in [5.41, 5.74) is 1.76. The van der Waals surface area contributed by atoms with Crippen molar-refractivity contribution in [2.45, 2.75) is 32.1 Å². The molecule has 146 valence electrons. The van der Waals surface area contributed by atoms with Gasteiger partial charge >= 0.3 is 0 Å². The van der Waals surface area contributed by atoms with Crippen molar-refractivity contribution in [2.75, 3.05) is 38.5 Å². The van der Waals surface area contributed by atoms with Gasteiger partial charge in [0.1, 0.15) is 0 Å². The van der Waals surface area contributed by atoms with Crippen LogP contribution >= 0.6 is 11.8 Å². The van der Waals surface area contributed by atoms with E-state index in [1.807, 2.05) is 24.0 Å². The molecule has 1 heterocycles. The second-order valence-electron chi connectivity index (χ2n) is 6.84. The second kappa shape index (κ2) is 11.0. The van der Waals surface area contributed by atoms with Gasteiger partial charge < -0.3 is 10.2 Å². The minimum Gasteiger partial charge on any atom is -0.353 e. The molecule has 1 fully saturated rings. The number of carbonyl (C=O) groups excluding carboxylic acids is 2. The Bertz CT molecular complexity index is 664. The molecule has 7 heteroatoms. The number of carbonyl (C=O) groups is 2. The fourth-order valence-corrected chi connectivity index (χ4v) is 3.69. The summed E-state index contributed by atoms with van der Waals surface area (Å²) >= 11 is 1.59. The molecule has 1 aliphatic heterocycles. The molecule has 0 radical (unpaired) electrons. The molecule has 0 aliphatic carbocycles. The van der Waals surface area contributed by atoms with Crippen LogP contribution in [0.5, 0.6) is 0 Å². The van der Waals surface area contributed by atoms with Gasteiger partial charge in [-0.3, -0.25) is 14.5 Å². The zero-order valence-electron chi connectivity index (χ0n) is 16.1. The largest absolute Gasteiger partial charge is 0.353 e. The highest BCUT2D eigenvalue weighted by molar-refractivity contribution is 7.99. The van der Waals surface area contributed by atoms with Gasteiger partial charge in [-0.05, 0) is 31.0 Å². The van der Waals surface area contributed by atoms with E-state index in [0.717, 1.165) is 30.8 Å². The molecular formula is C20H28N4O2S. The van der Waals surface area contributed by atoms with E-state index in [1.54, 1.807) is 23.9 Å². The molecule has 2 amide bonds. The first-order valence-electron chi connectivity index (χ1n) is 9.38. The molecule has 0 bridgehead atoms. The minimum absolute atomic E-state index is 0.0575. The van der Waals surface area contributed by atoms with E-state index in [4.69, 9.17) is 5.26 Å². The standard InChI is InChI=1S/C20H28N4O2S/c1-3-16(2)22-19(25)13-23-8-10-24(11-9-23)20(26)15-27-14-18-6-4-17(12-21)5-7-18/h4-7,16H,3,8-11,13-15H2,1-2H3,(H,22,25). The lowest BCUT2D eigenvalue weighted by Gasteiger charge is -2.34. The first-order valence-corrected chi connectivity index (χ1v) is 10.5. The summed E-state index contributed by atoms with van der Waals surface area (Å²) in [5, 5.41) is 11.8. The lowest BCUT2D eigenvalue weighted by molar-refractivity contribution is -0.130. The molecule has 1 atom stereocenters. The van der Waals surface area contributed by atoms with Crippen LogP contribution < -0.4 is 5.32 Å². The van der Waals surface area contributed by atoms with Crippen molar-refractivity contribution >= 4 is 23.6 Å². The van der Waals surface area contributed by atoms with E-state index < -0.39 is 0 Å². The Kier molecular flexibility index (Phi) is 8.62. The molecule has 0 saturated carbocycles. The van der Waals surface area contributed by atoms with Crippen LogP contribution in [0.1, 0.15) is 31.4 Å². The monoisotopic (exact) mass is 388 g/mol. The van der Waals surface area contributed by atoms with Gasteiger partial charge in [-0.1, -0.05) is 19.1 Å². The molecule has 1 N–H and O–H groups in total. The molecule has 2 rings (SSSR count). The molecule has 1 unspecified atom stereocenters. The molecule has 0 aromatic heterocycles. The summed E-state index contributed by atoms with van der Waals surface area (Å²) in [5.74, 6) is 1.42. The lowest BCUT2D eigenvalue weighted by Crippen LogP contribution is -2.52. The van der Waals surface area contributed by atoms with Crippen molar-refractivity contribution in [1.29, 1.82) is 5.26 Å². The van der Waals surface area contributed by atoms with Crippen LogP contribution in [0, 0.1) is 11.3 Å². The number of thioether (sulfide) groups is 1. The minimum atomic E-state index is 0.0575. The first kappa shape index (κ1) is 21.3. The van der Waals surface area contributed by atoms with Crippen LogP contribution in [0.3, 0.4) is 0 Å². The number of nitrogens with zero attached hydrogens (tertiary/aromatic N) is 3. The third-order valence-electron chi connectivity index (χ3n) is 4.69. The highest BCUT2D eigenvalue weighted by Gasteiger charge is 2.22. The smallest absolute Gasteiger partial charge is 0.234 e. The maximum Gasteiger partial charge on any atom is 0.234 e. The fraction of sp³-hybridized carbons (Fsp3) is 0.550. The van der Waals surface area contributed by atoms with Crippen LogP contribution in [-0.4, -0.2) is 66.1 Å². The lowest BCUT2D eigenvalue weighted by atomic mass is 10.2. The number of piperazine rings is 1. The average molecular weight is 389 g/mol. The molecule has 1 saturated heterocycles. The number of hydrogen-bond acceptors (Lipinski definition) is 5. The summed E-state index contributed by atoms with van der Waals surface area (Å²) < 4.78 is 0. The van der Waals surface area contributed by atoms with E-state index in [-0.39, 0.29) is 17.9 Å². The molecule has 27 heavy (non-hydrogen) atoms. The van der Waals surface area contributed by atoms with E-state index in [0.29, 0.717) is 31.0 Å². The Morgan fingerprint density at radius 2 is 1.89 bits per heavy atom. The van der Waals surface area contributed by atoms with Gasteiger partial charge in [0.2, 0.25) is 11.8 Å². The summed E-state index contributed by atoms with van der Waals surface area (Å²) in [6, 6.07) is 9.76. The van der Waals surface area contributed by atoms with Gasteiger partial charge in [0.15, 0.2) is 0 Å². The maximum atomic E-state index is 12.4. The Balaban J connectivity index is 1.65. The van der Waals surface area contributed by atoms with Crippen molar-refractivity contribution in [2.24, 2.45) is 0 Å². The van der Waals surface area contributed by atoms with Gasteiger partial charge in [-0.2, -0.15) is 5.26 Å². The maximum absolute atomic E-state index is 12.4. The van der Waals surface area contributed by atoms with Gasteiger partial charge in [0.25, 0.3) is 0 Å². The zero-order chi connectivity index (χ0) is 19.6. The van der Waals surface area contributed by atoms with E-state index in [1.165, 1.54) is 0 Å². The van der Waals surface area contributed by atoms with Gasteiger partial charge in [-0.15, -0.1) is 11.8 Å². The molecule has 1 aliphatic rings. The molecular weight excluding hydrogens is 360 g/mol. The molecule has 0 spiro atoms. The van der Waals surface area contributed by atoms with Gasteiger partial charge in [0.05, 0.1) is 23.9 Å². The van der Waals surface area contributed by atoms with E-state index in [9.17, 15) is 9.59 Å². The van der Waals surface area contributed by atoms with Gasteiger partial charge in [-0.25, -0.2) is 0 Å². The Labute approximate surface area is 165 Å². The molecule has 1 aromatic carbocycles. The SMILES string of the molecule is CCC(C)NC(=O)CN1CCN(C(=O)CSCc2ccc(C#N)cc2)CC1. The summed E-state index contributed by atoms with van der Waals surface area (Å²) in [6.07, 6.45) is 0.925. The van der Waals surface area contributed by atoms with Crippen LogP contribution in [0.2, 0.25) is 0 Å². The third kappa shape index (κ3) is 7.24. The number of hydrogen-bond donors (Lipinski definition) is 1. The molecule has 1 aromatic rings. The predicted molar refractivity (Wildman–Crippen MR) is 108 cm³/mol. The number of amides is 2. The first-order chi connectivity index (χ1) is 13.0. The molecule has 6 nitrogen and oxygen atoms in total. The van der Waals surface area contributed by atoms with Crippen LogP contribution in [0.25, 0.3) is 0 Å². The second-order valence-corrected chi connectivity index (χ2v) is 7.82. The van der Waals surface area contributed by atoms with Crippen molar-refractivity contribution in [3.8, 4) is 6.07 Å². The highest BCUT2D eigenvalue weighted by Crippen LogP contribution is 2.14. The van der Waals surface area contributed by atoms with Crippen LogP contribution in [-0.2, 0) is 15.3 Å². The zero-order valence-corrected chi connectivity index (χ0v) is 16.9. The Hall–Kier alpha value is -2.04. The van der Waals surface area contributed by atoms with Crippen molar-refractivity contribution in [1.82, 2.24) is 15.1 Å². The van der Waals surface area contributed by atoms with Crippen LogP contribution in [0.15, 0.2) is 24.3 Å². The number of rotatable bonds is 8. The van der Waals surface area contributed by atoms with Crippen molar-refractivity contribution < 1.29 is 9.59 Å². The number of nitriles is 1. The number of nitrogens with one attached hydrogen (secondary N) is 1. The van der Waals surface area contributed by atoms with Crippen molar-refractivity contribution in [3.05, 3.63) is 35.4 Å².